The van der Waals surface area contributed by atoms with Gasteiger partial charge in [-0.2, -0.15) is 4.31 Å². The van der Waals surface area contributed by atoms with Gasteiger partial charge < -0.3 is 10.2 Å². The number of phenolic OH excluding ortho intramolecular Hbond substituents is 2. The van der Waals surface area contributed by atoms with Gasteiger partial charge in [0.1, 0.15) is 11.5 Å². The van der Waals surface area contributed by atoms with Crippen molar-refractivity contribution in [2.24, 2.45) is 0 Å². The first kappa shape index (κ1) is 14.9. The maximum absolute atomic E-state index is 12.8. The molecule has 3 rings (SSSR count). The van der Waals surface area contributed by atoms with Crippen molar-refractivity contribution in [3.63, 3.8) is 0 Å². The third-order valence-corrected chi connectivity index (χ3v) is 5.88. The van der Waals surface area contributed by atoms with E-state index in [0.717, 1.165) is 5.56 Å². The fourth-order valence-corrected chi connectivity index (χ4v) is 4.43. The molecule has 0 aliphatic carbocycles. The fraction of sp³-hybridized carbons (Fsp3) is 0.250. The van der Waals surface area contributed by atoms with Crippen molar-refractivity contribution in [3.8, 4) is 11.5 Å². The van der Waals surface area contributed by atoms with E-state index >= 15 is 0 Å². The zero-order chi connectivity index (χ0) is 16.1. The van der Waals surface area contributed by atoms with Crippen molar-refractivity contribution < 1.29 is 18.6 Å². The largest absolute Gasteiger partial charge is 0.508 e. The fourth-order valence-electron chi connectivity index (χ4n) is 2.84. The molecule has 22 heavy (non-hydrogen) atoms. The highest BCUT2D eigenvalue weighted by molar-refractivity contribution is 7.89. The minimum Gasteiger partial charge on any atom is -0.508 e. The van der Waals surface area contributed by atoms with Crippen LogP contribution in [0.3, 0.4) is 0 Å². The molecular formula is C16H17NO4S. The van der Waals surface area contributed by atoms with Crippen molar-refractivity contribution in [3.05, 3.63) is 52.6 Å². The summed E-state index contributed by atoms with van der Waals surface area (Å²) in [5.41, 5.74) is 2.88. The van der Waals surface area contributed by atoms with E-state index in [1.807, 2.05) is 13.0 Å². The predicted molar refractivity (Wildman–Crippen MR) is 82.1 cm³/mol. The molecule has 0 saturated heterocycles. The number of hydrogen-bond donors (Lipinski definition) is 2. The van der Waals surface area contributed by atoms with Crippen molar-refractivity contribution in [2.45, 2.75) is 31.8 Å². The van der Waals surface area contributed by atoms with E-state index in [1.165, 1.54) is 16.4 Å². The summed E-state index contributed by atoms with van der Waals surface area (Å²) in [6, 6.07) is 7.94. The number of benzene rings is 2. The van der Waals surface area contributed by atoms with E-state index in [9.17, 15) is 18.6 Å². The number of sulfonamides is 1. The Bertz CT molecular complexity index is 859. The summed E-state index contributed by atoms with van der Waals surface area (Å²) in [6.45, 7) is 3.94. The van der Waals surface area contributed by atoms with Gasteiger partial charge in [-0.25, -0.2) is 8.42 Å². The summed E-state index contributed by atoms with van der Waals surface area (Å²) in [5.74, 6) is -0.143. The Morgan fingerprint density at radius 1 is 1.05 bits per heavy atom. The van der Waals surface area contributed by atoms with E-state index in [2.05, 4.69) is 0 Å². The number of phenols is 2. The van der Waals surface area contributed by atoms with Gasteiger partial charge in [0.15, 0.2) is 0 Å². The lowest BCUT2D eigenvalue weighted by Gasteiger charge is -2.17. The van der Waals surface area contributed by atoms with Crippen LogP contribution in [0.25, 0.3) is 0 Å². The molecule has 1 aliphatic rings. The van der Waals surface area contributed by atoms with Crippen LogP contribution < -0.4 is 0 Å². The Kier molecular flexibility index (Phi) is 3.38. The van der Waals surface area contributed by atoms with Gasteiger partial charge >= 0.3 is 0 Å². The Morgan fingerprint density at radius 2 is 1.77 bits per heavy atom. The molecule has 0 amide bonds. The van der Waals surface area contributed by atoms with Crippen LogP contribution in [0.15, 0.2) is 35.2 Å². The minimum atomic E-state index is -3.64. The van der Waals surface area contributed by atoms with E-state index < -0.39 is 10.0 Å². The molecule has 1 heterocycles. The second-order valence-electron chi connectivity index (χ2n) is 5.64. The molecule has 1 aliphatic heterocycles. The van der Waals surface area contributed by atoms with E-state index in [4.69, 9.17) is 0 Å². The van der Waals surface area contributed by atoms with Gasteiger partial charge in [-0.05, 0) is 37.1 Å². The maximum Gasteiger partial charge on any atom is 0.243 e. The zero-order valence-corrected chi connectivity index (χ0v) is 13.2. The summed E-state index contributed by atoms with van der Waals surface area (Å²) in [5, 5.41) is 19.4. The van der Waals surface area contributed by atoms with E-state index in [-0.39, 0.29) is 29.5 Å². The molecule has 0 spiro atoms. The second kappa shape index (κ2) is 5.00. The Labute approximate surface area is 129 Å². The van der Waals surface area contributed by atoms with Crippen LogP contribution in [0.4, 0.5) is 0 Å². The van der Waals surface area contributed by atoms with Crippen LogP contribution >= 0.6 is 0 Å². The summed E-state index contributed by atoms with van der Waals surface area (Å²) < 4.78 is 26.9. The summed E-state index contributed by atoms with van der Waals surface area (Å²) in [4.78, 5) is 0.273. The maximum atomic E-state index is 12.8. The van der Waals surface area contributed by atoms with E-state index in [1.54, 1.807) is 19.1 Å². The monoisotopic (exact) mass is 319 g/mol. The molecule has 116 valence electrons. The minimum absolute atomic E-state index is 0.0676. The van der Waals surface area contributed by atoms with Crippen LogP contribution in [0.1, 0.15) is 22.3 Å². The number of aryl methyl sites for hydroxylation is 2. The van der Waals surface area contributed by atoms with Gasteiger partial charge in [-0.1, -0.05) is 17.7 Å². The van der Waals surface area contributed by atoms with Crippen LogP contribution in [0.5, 0.6) is 11.5 Å². The number of fused-ring (bicyclic) bond motifs is 1. The standard InChI is InChI=1S/C16H17NO4S/c1-10-3-4-16(11(2)5-10)22(20,21)17-8-12-6-13(18)7-15(19)14(12)9-17/h3-7,18-19H,8-9H2,1-2H3. The third-order valence-electron chi connectivity index (χ3n) is 3.93. The Hall–Kier alpha value is -2.05. The first-order valence-electron chi connectivity index (χ1n) is 6.90. The normalized spacial score (nSPS) is 15.0. The molecule has 2 N–H and O–H groups in total. The lowest BCUT2D eigenvalue weighted by molar-refractivity contribution is 0.421. The molecule has 0 fully saturated rings. The topological polar surface area (TPSA) is 77.8 Å². The van der Waals surface area contributed by atoms with Crippen molar-refractivity contribution >= 4 is 10.0 Å². The van der Waals surface area contributed by atoms with Crippen molar-refractivity contribution in [1.29, 1.82) is 0 Å². The summed E-state index contributed by atoms with van der Waals surface area (Å²) >= 11 is 0. The first-order valence-corrected chi connectivity index (χ1v) is 8.34. The molecule has 0 unspecified atom stereocenters. The summed E-state index contributed by atoms with van der Waals surface area (Å²) in [6.07, 6.45) is 0. The lowest BCUT2D eigenvalue weighted by Crippen LogP contribution is -2.26. The van der Waals surface area contributed by atoms with Gasteiger partial charge in [0.25, 0.3) is 0 Å². The molecule has 5 nitrogen and oxygen atoms in total. The predicted octanol–water partition coefficient (Wildman–Crippen LogP) is 2.42. The number of rotatable bonds is 2. The second-order valence-corrected chi connectivity index (χ2v) is 7.55. The molecule has 2 aromatic carbocycles. The van der Waals surface area contributed by atoms with E-state index in [0.29, 0.717) is 16.7 Å². The molecule has 0 bridgehead atoms. The highest BCUT2D eigenvalue weighted by Crippen LogP contribution is 2.36. The molecule has 0 atom stereocenters. The van der Waals surface area contributed by atoms with Gasteiger partial charge in [0.2, 0.25) is 10.0 Å². The molecule has 0 saturated carbocycles. The van der Waals surface area contributed by atoms with Gasteiger partial charge in [0, 0.05) is 24.7 Å². The smallest absolute Gasteiger partial charge is 0.243 e. The van der Waals surface area contributed by atoms with Gasteiger partial charge in [-0.15, -0.1) is 0 Å². The highest BCUT2D eigenvalue weighted by Gasteiger charge is 2.33. The van der Waals surface area contributed by atoms with Crippen LogP contribution in [0, 0.1) is 13.8 Å². The average molecular weight is 319 g/mol. The lowest BCUT2D eigenvalue weighted by atomic mass is 10.1. The number of hydrogen-bond acceptors (Lipinski definition) is 4. The Balaban J connectivity index is 2.01. The molecule has 0 aromatic heterocycles. The third kappa shape index (κ3) is 2.34. The summed E-state index contributed by atoms with van der Waals surface area (Å²) in [7, 11) is -3.64. The van der Waals surface area contributed by atoms with Gasteiger partial charge in [-0.3, -0.25) is 0 Å². The quantitative estimate of drug-likeness (QED) is 0.891. The molecular weight excluding hydrogens is 302 g/mol. The van der Waals surface area contributed by atoms with Crippen molar-refractivity contribution in [1.82, 2.24) is 4.31 Å². The molecule has 0 radical (unpaired) electrons. The van der Waals surface area contributed by atoms with Crippen molar-refractivity contribution in [2.75, 3.05) is 0 Å². The molecule has 6 heteroatoms. The zero-order valence-electron chi connectivity index (χ0n) is 12.4. The highest BCUT2D eigenvalue weighted by atomic mass is 32.2. The number of nitrogens with zero attached hydrogens (tertiary/aromatic N) is 1. The van der Waals surface area contributed by atoms with Crippen LogP contribution in [0.2, 0.25) is 0 Å². The number of aromatic hydroxyl groups is 2. The average Bonchev–Trinajstić information content (AvgIpc) is 2.83. The van der Waals surface area contributed by atoms with Crippen LogP contribution in [-0.4, -0.2) is 22.9 Å². The SMILES string of the molecule is Cc1ccc(S(=O)(=O)N2Cc3cc(O)cc(O)c3C2)c(C)c1. The van der Waals surface area contributed by atoms with Gasteiger partial charge in [0.05, 0.1) is 4.90 Å². The molecule has 2 aromatic rings. The Morgan fingerprint density at radius 3 is 2.45 bits per heavy atom. The first-order chi connectivity index (χ1) is 10.3. The van der Waals surface area contributed by atoms with Crippen LogP contribution in [-0.2, 0) is 23.1 Å².